The van der Waals surface area contributed by atoms with E-state index in [4.69, 9.17) is 9.47 Å². The number of benzene rings is 2. The van der Waals surface area contributed by atoms with Gasteiger partial charge in [0.1, 0.15) is 0 Å². The second-order valence-corrected chi connectivity index (χ2v) is 9.13. The highest BCUT2D eigenvalue weighted by Crippen LogP contribution is 2.52. The first kappa shape index (κ1) is 30.4. The van der Waals surface area contributed by atoms with Gasteiger partial charge in [-0.05, 0) is 25.0 Å². The van der Waals surface area contributed by atoms with Gasteiger partial charge < -0.3 is 40.1 Å². The highest BCUT2D eigenvalue weighted by molar-refractivity contribution is 6.08. The van der Waals surface area contributed by atoms with Crippen molar-refractivity contribution in [3.05, 3.63) is 23.3 Å². The molecule has 2 aromatic rings. The average Bonchev–Trinajstić information content (AvgIpc) is 2.89. The first-order valence-electron chi connectivity index (χ1n) is 13.1. The normalized spacial score (nSPS) is 10.9. The van der Waals surface area contributed by atoms with E-state index in [-0.39, 0.29) is 13.2 Å². The molecule has 38 heavy (non-hydrogen) atoms. The molecule has 0 spiro atoms. The summed E-state index contributed by atoms with van der Waals surface area (Å²) in [5.74, 6) is -7.87. The van der Waals surface area contributed by atoms with Crippen molar-refractivity contribution in [1.29, 1.82) is 0 Å². The monoisotopic (exact) mass is 534 g/mol. The van der Waals surface area contributed by atoms with E-state index in [1.807, 2.05) is 0 Å². The lowest BCUT2D eigenvalue weighted by Crippen LogP contribution is -2.12. The minimum absolute atomic E-state index is 0.0319. The summed E-state index contributed by atoms with van der Waals surface area (Å²) in [6.45, 7) is 4.20. The molecule has 2 aromatic carbocycles. The van der Waals surface area contributed by atoms with Gasteiger partial charge in [-0.15, -0.1) is 0 Å². The predicted octanol–water partition coefficient (Wildman–Crippen LogP) is 5.84. The third-order valence-electron chi connectivity index (χ3n) is 6.16. The van der Waals surface area contributed by atoms with Crippen LogP contribution in [0.4, 0.5) is 0 Å². The summed E-state index contributed by atoms with van der Waals surface area (Å²) in [5.41, 5.74) is -2.14. The number of carbonyl (C=O) groups is 2. The van der Waals surface area contributed by atoms with Crippen molar-refractivity contribution < 1.29 is 49.7 Å². The van der Waals surface area contributed by atoms with Gasteiger partial charge in [-0.2, -0.15) is 0 Å². The molecule has 0 atom stereocenters. The zero-order valence-corrected chi connectivity index (χ0v) is 22.0. The fourth-order valence-electron chi connectivity index (χ4n) is 4.01. The molecule has 0 bridgehead atoms. The minimum Gasteiger partial charge on any atom is -0.504 e. The van der Waals surface area contributed by atoms with Gasteiger partial charge in [0.05, 0.1) is 24.3 Å². The lowest BCUT2D eigenvalue weighted by molar-refractivity contribution is 0.0485. The smallest absolute Gasteiger partial charge is 0.339 e. The molecule has 0 amide bonds. The zero-order chi connectivity index (χ0) is 28.2. The van der Waals surface area contributed by atoms with Crippen LogP contribution in [-0.2, 0) is 9.47 Å². The van der Waals surface area contributed by atoms with Crippen LogP contribution in [-0.4, -0.2) is 55.8 Å². The maximum Gasteiger partial charge on any atom is 0.339 e. The van der Waals surface area contributed by atoms with Gasteiger partial charge in [0.15, 0.2) is 23.0 Å². The van der Waals surface area contributed by atoms with E-state index in [1.54, 1.807) is 0 Å². The van der Waals surface area contributed by atoms with Crippen LogP contribution in [0.5, 0.6) is 34.5 Å². The van der Waals surface area contributed by atoms with Crippen LogP contribution < -0.4 is 0 Å². The number of hydrogen-bond donors (Lipinski definition) is 6. The van der Waals surface area contributed by atoms with Crippen LogP contribution in [0.25, 0.3) is 11.1 Å². The number of esters is 2. The van der Waals surface area contributed by atoms with Crippen LogP contribution in [0.3, 0.4) is 0 Å². The van der Waals surface area contributed by atoms with E-state index in [1.165, 1.54) is 0 Å². The third kappa shape index (κ3) is 7.60. The summed E-state index contributed by atoms with van der Waals surface area (Å²) in [5, 5.41) is 61.9. The van der Waals surface area contributed by atoms with Crippen LogP contribution in [0.2, 0.25) is 0 Å². The molecule has 10 nitrogen and oxygen atoms in total. The van der Waals surface area contributed by atoms with Gasteiger partial charge in [-0.25, -0.2) is 9.59 Å². The fourth-order valence-corrected chi connectivity index (χ4v) is 4.01. The summed E-state index contributed by atoms with van der Waals surface area (Å²) in [4.78, 5) is 25.9. The van der Waals surface area contributed by atoms with E-state index in [0.29, 0.717) is 12.8 Å². The molecule has 0 aliphatic heterocycles. The van der Waals surface area contributed by atoms with Gasteiger partial charge in [0, 0.05) is 11.1 Å². The Balaban J connectivity index is 2.47. The predicted molar refractivity (Wildman–Crippen MR) is 140 cm³/mol. The summed E-state index contributed by atoms with van der Waals surface area (Å²) < 4.78 is 10.5. The van der Waals surface area contributed by atoms with Crippen molar-refractivity contribution >= 4 is 11.9 Å². The number of hydrogen-bond acceptors (Lipinski definition) is 10. The first-order valence-corrected chi connectivity index (χ1v) is 13.1. The van der Waals surface area contributed by atoms with E-state index >= 15 is 0 Å². The second-order valence-electron chi connectivity index (χ2n) is 9.13. The molecular weight excluding hydrogens is 496 g/mol. The second kappa shape index (κ2) is 14.8. The number of phenols is 6. The highest BCUT2D eigenvalue weighted by Gasteiger charge is 2.32. The highest BCUT2D eigenvalue weighted by atomic mass is 16.5. The van der Waals surface area contributed by atoms with Crippen molar-refractivity contribution in [2.24, 2.45) is 0 Å². The molecule has 0 aromatic heterocycles. The largest absolute Gasteiger partial charge is 0.504 e. The fraction of sp³-hybridized carbons (Fsp3) is 0.500. The number of rotatable bonds is 15. The molecule has 2 rings (SSSR count). The van der Waals surface area contributed by atoms with Crippen molar-refractivity contribution in [1.82, 2.24) is 0 Å². The minimum atomic E-state index is -1.05. The third-order valence-corrected chi connectivity index (χ3v) is 6.16. The standard InChI is InChI=1S/C28H38O10/c1-3-5-7-9-11-13-37-27(35)17-15-19(29)23(31)25(33)21(17)22-18(16-20(30)24(32)26(22)34)28(36)38-14-12-10-8-6-4-2/h15-16,29-34H,3-14H2,1-2H3. The number of carbonyl (C=O) groups excluding carboxylic acids is 2. The Labute approximate surface area is 222 Å². The number of phenolic OH excluding ortho intramolecular Hbond substituents is 6. The molecule has 0 aliphatic carbocycles. The Morgan fingerprint density at radius 1 is 0.553 bits per heavy atom. The van der Waals surface area contributed by atoms with Crippen molar-refractivity contribution in [2.75, 3.05) is 13.2 Å². The molecule has 0 saturated carbocycles. The van der Waals surface area contributed by atoms with Crippen molar-refractivity contribution in [3.63, 3.8) is 0 Å². The summed E-state index contributed by atoms with van der Waals surface area (Å²) in [6, 6.07) is 1.63. The first-order chi connectivity index (χ1) is 18.1. The Bertz CT molecular complexity index is 1020. The van der Waals surface area contributed by atoms with Crippen molar-refractivity contribution in [3.8, 4) is 45.6 Å². The van der Waals surface area contributed by atoms with Gasteiger partial charge in [0.2, 0.25) is 11.5 Å². The Hall–Kier alpha value is -3.82. The Morgan fingerprint density at radius 2 is 0.895 bits per heavy atom. The van der Waals surface area contributed by atoms with Gasteiger partial charge in [-0.3, -0.25) is 0 Å². The Morgan fingerprint density at radius 3 is 1.24 bits per heavy atom. The molecule has 10 heteroatoms. The molecule has 0 fully saturated rings. The summed E-state index contributed by atoms with van der Waals surface area (Å²) in [7, 11) is 0. The topological polar surface area (TPSA) is 174 Å². The zero-order valence-electron chi connectivity index (χ0n) is 22.0. The molecule has 6 N–H and O–H groups in total. The van der Waals surface area contributed by atoms with E-state index < -0.39 is 68.7 Å². The number of unbranched alkanes of at least 4 members (excludes halogenated alkanes) is 8. The maximum atomic E-state index is 12.9. The molecule has 0 radical (unpaired) electrons. The quantitative estimate of drug-likeness (QED) is 0.0925. The molecule has 0 aliphatic rings. The lowest BCUT2D eigenvalue weighted by atomic mass is 9.92. The van der Waals surface area contributed by atoms with Crippen LogP contribution >= 0.6 is 0 Å². The van der Waals surface area contributed by atoms with E-state index in [2.05, 4.69) is 13.8 Å². The van der Waals surface area contributed by atoms with Crippen LogP contribution in [0.15, 0.2) is 12.1 Å². The number of aromatic hydroxyl groups is 6. The SMILES string of the molecule is CCCCCCCOC(=O)c1cc(O)c(O)c(O)c1-c1c(C(=O)OCCCCCCC)cc(O)c(O)c1O. The molecule has 0 saturated heterocycles. The average molecular weight is 535 g/mol. The van der Waals surface area contributed by atoms with Gasteiger partial charge in [-0.1, -0.05) is 65.2 Å². The van der Waals surface area contributed by atoms with Crippen LogP contribution in [0, 0.1) is 0 Å². The maximum absolute atomic E-state index is 12.9. The van der Waals surface area contributed by atoms with Gasteiger partial charge >= 0.3 is 11.9 Å². The molecule has 0 heterocycles. The molecule has 210 valence electrons. The van der Waals surface area contributed by atoms with E-state index in [0.717, 1.165) is 63.5 Å². The van der Waals surface area contributed by atoms with Gasteiger partial charge in [0.25, 0.3) is 0 Å². The summed E-state index contributed by atoms with van der Waals surface area (Å²) in [6.07, 6.45) is 8.87. The number of ether oxygens (including phenoxy) is 2. The van der Waals surface area contributed by atoms with Crippen molar-refractivity contribution in [2.45, 2.75) is 78.1 Å². The lowest BCUT2D eigenvalue weighted by Gasteiger charge is -2.18. The van der Waals surface area contributed by atoms with E-state index in [9.17, 15) is 40.2 Å². The molecule has 0 unspecified atom stereocenters. The Kier molecular flexibility index (Phi) is 11.8. The molecular formula is C28H38O10. The summed E-state index contributed by atoms with van der Waals surface area (Å²) >= 11 is 0. The van der Waals surface area contributed by atoms with Crippen LogP contribution in [0.1, 0.15) is 98.8 Å².